The first-order chi connectivity index (χ1) is 6.83. The van der Waals surface area contributed by atoms with Crippen LogP contribution in [-0.2, 0) is 10.7 Å². The van der Waals surface area contributed by atoms with Gasteiger partial charge in [-0.05, 0) is 18.2 Å². The molecule has 0 aliphatic carbocycles. The zero-order valence-electron chi connectivity index (χ0n) is 7.38. The van der Waals surface area contributed by atoms with Crippen LogP contribution in [0.3, 0.4) is 0 Å². The fourth-order valence-electron chi connectivity index (χ4n) is 1.10. The fraction of sp³-hybridized carbons (Fsp3) is 0.222. The molecule has 1 rings (SSSR count). The summed E-state index contributed by atoms with van der Waals surface area (Å²) in [4.78, 5) is 10.2. The molecule has 0 aliphatic heterocycles. The van der Waals surface area contributed by atoms with E-state index in [2.05, 4.69) is 0 Å². The summed E-state index contributed by atoms with van der Waals surface area (Å²) in [5.74, 6) is -5.97. The molecule has 0 fully saturated rings. The van der Waals surface area contributed by atoms with Crippen LogP contribution in [-0.4, -0.2) is 16.2 Å². The van der Waals surface area contributed by atoms with Gasteiger partial charge in [-0.2, -0.15) is 0 Å². The Morgan fingerprint density at radius 1 is 1.47 bits per heavy atom. The van der Waals surface area contributed by atoms with Gasteiger partial charge in [-0.15, -0.1) is 0 Å². The van der Waals surface area contributed by atoms with Crippen LogP contribution in [0.1, 0.15) is 12.0 Å². The van der Waals surface area contributed by atoms with Gasteiger partial charge in [-0.3, -0.25) is 4.79 Å². The Kier molecular flexibility index (Phi) is 3.14. The highest BCUT2D eigenvalue weighted by Gasteiger charge is 2.37. The van der Waals surface area contributed by atoms with E-state index in [1.54, 1.807) is 0 Å². The van der Waals surface area contributed by atoms with Gasteiger partial charge in [0.2, 0.25) is 0 Å². The van der Waals surface area contributed by atoms with Crippen molar-refractivity contribution in [2.75, 3.05) is 0 Å². The van der Waals surface area contributed by atoms with Crippen molar-refractivity contribution in [1.29, 1.82) is 0 Å². The molecule has 15 heavy (non-hydrogen) atoms. The first-order valence-electron chi connectivity index (χ1n) is 3.91. The van der Waals surface area contributed by atoms with Gasteiger partial charge in [0.05, 0.1) is 5.56 Å². The molecule has 0 aliphatic rings. The fourth-order valence-corrected chi connectivity index (χ4v) is 1.27. The summed E-state index contributed by atoms with van der Waals surface area (Å²) in [6.07, 6.45) is -1.37. The topological polar surface area (TPSA) is 57.5 Å². The molecule has 3 nitrogen and oxygen atoms in total. The SMILES string of the molecule is O=C(O)CC(F)(F)c1ccc(Cl)cc1O. The Labute approximate surface area is 88.9 Å². The predicted molar refractivity (Wildman–Crippen MR) is 49.3 cm³/mol. The first-order valence-corrected chi connectivity index (χ1v) is 4.29. The monoisotopic (exact) mass is 236 g/mol. The molecule has 1 aromatic rings. The number of phenols is 1. The van der Waals surface area contributed by atoms with E-state index in [9.17, 15) is 18.7 Å². The molecule has 2 N–H and O–H groups in total. The summed E-state index contributed by atoms with van der Waals surface area (Å²) < 4.78 is 26.4. The van der Waals surface area contributed by atoms with Crippen LogP contribution in [0.15, 0.2) is 18.2 Å². The lowest BCUT2D eigenvalue weighted by Crippen LogP contribution is -2.18. The van der Waals surface area contributed by atoms with Crippen molar-refractivity contribution < 1.29 is 23.8 Å². The van der Waals surface area contributed by atoms with Gasteiger partial charge in [0.25, 0.3) is 5.92 Å². The molecule has 6 heteroatoms. The number of aliphatic carboxylic acids is 1. The van der Waals surface area contributed by atoms with Gasteiger partial charge in [0.1, 0.15) is 12.2 Å². The van der Waals surface area contributed by atoms with Gasteiger partial charge in [-0.1, -0.05) is 11.6 Å². The number of carboxylic acids is 1. The van der Waals surface area contributed by atoms with Crippen molar-refractivity contribution in [3.63, 3.8) is 0 Å². The van der Waals surface area contributed by atoms with Crippen LogP contribution in [0.5, 0.6) is 5.75 Å². The first kappa shape index (κ1) is 11.7. The molecule has 0 radical (unpaired) electrons. The normalized spacial score (nSPS) is 11.4. The van der Waals surface area contributed by atoms with Crippen molar-refractivity contribution in [3.05, 3.63) is 28.8 Å². The maximum Gasteiger partial charge on any atom is 0.309 e. The average molecular weight is 237 g/mol. The molecule has 0 unspecified atom stereocenters. The minimum Gasteiger partial charge on any atom is -0.507 e. The van der Waals surface area contributed by atoms with Crippen LogP contribution in [0.2, 0.25) is 5.02 Å². The number of benzene rings is 1. The maximum absolute atomic E-state index is 13.2. The number of phenolic OH excluding ortho intramolecular Hbond substituents is 1. The van der Waals surface area contributed by atoms with E-state index in [4.69, 9.17) is 16.7 Å². The molecule has 82 valence electrons. The van der Waals surface area contributed by atoms with Crippen molar-refractivity contribution >= 4 is 17.6 Å². The summed E-state index contributed by atoms with van der Waals surface area (Å²) >= 11 is 5.45. The highest BCUT2D eigenvalue weighted by atomic mass is 35.5. The van der Waals surface area contributed by atoms with Gasteiger partial charge >= 0.3 is 5.97 Å². The van der Waals surface area contributed by atoms with E-state index in [0.717, 1.165) is 18.2 Å². The largest absolute Gasteiger partial charge is 0.507 e. The summed E-state index contributed by atoms with van der Waals surface area (Å²) in [7, 11) is 0. The highest BCUT2D eigenvalue weighted by molar-refractivity contribution is 6.30. The van der Waals surface area contributed by atoms with Crippen molar-refractivity contribution in [2.24, 2.45) is 0 Å². The Hall–Kier alpha value is -1.36. The standard InChI is InChI=1S/C9H7ClF2O3/c10-5-1-2-6(7(13)3-5)9(11,12)4-8(14)15/h1-3,13H,4H2,(H,14,15). The van der Waals surface area contributed by atoms with Gasteiger partial charge in [0.15, 0.2) is 0 Å². The van der Waals surface area contributed by atoms with Crippen LogP contribution in [0.4, 0.5) is 8.78 Å². The van der Waals surface area contributed by atoms with E-state index < -0.39 is 29.6 Å². The van der Waals surface area contributed by atoms with E-state index >= 15 is 0 Å². The highest BCUT2D eigenvalue weighted by Crippen LogP contribution is 2.38. The molecule has 0 heterocycles. The van der Waals surface area contributed by atoms with E-state index in [1.165, 1.54) is 0 Å². The number of aromatic hydroxyl groups is 1. The summed E-state index contributed by atoms with van der Waals surface area (Å²) in [6, 6.07) is 3.00. The number of hydrogen-bond donors (Lipinski definition) is 2. The van der Waals surface area contributed by atoms with E-state index in [1.807, 2.05) is 0 Å². The molecule has 0 spiro atoms. The summed E-state index contributed by atoms with van der Waals surface area (Å²) in [6.45, 7) is 0. The summed E-state index contributed by atoms with van der Waals surface area (Å²) in [5, 5.41) is 17.6. The van der Waals surface area contributed by atoms with Gasteiger partial charge < -0.3 is 10.2 Å². The zero-order chi connectivity index (χ0) is 11.6. The second-order valence-electron chi connectivity index (χ2n) is 2.94. The smallest absolute Gasteiger partial charge is 0.309 e. The van der Waals surface area contributed by atoms with Crippen molar-refractivity contribution in [3.8, 4) is 5.75 Å². The molecule has 0 amide bonds. The molecular weight excluding hydrogens is 230 g/mol. The lowest BCUT2D eigenvalue weighted by molar-refractivity contribution is -0.145. The molecular formula is C9H7ClF2O3. The second-order valence-corrected chi connectivity index (χ2v) is 3.37. The Morgan fingerprint density at radius 3 is 2.53 bits per heavy atom. The van der Waals surface area contributed by atoms with Crippen LogP contribution < -0.4 is 0 Å². The second kappa shape index (κ2) is 4.02. The van der Waals surface area contributed by atoms with Crippen LogP contribution in [0, 0.1) is 0 Å². The molecule has 1 aromatic carbocycles. The Morgan fingerprint density at radius 2 is 2.07 bits per heavy atom. The van der Waals surface area contributed by atoms with Gasteiger partial charge in [-0.25, -0.2) is 8.78 Å². The molecule has 0 saturated carbocycles. The number of carbonyl (C=O) groups is 1. The summed E-state index contributed by atoms with van der Waals surface area (Å²) in [5.41, 5.74) is -0.741. The number of carboxylic acid groups (broad SMARTS) is 1. The molecule has 0 atom stereocenters. The quantitative estimate of drug-likeness (QED) is 0.848. The molecule has 0 aromatic heterocycles. The minimum atomic E-state index is -3.61. The lowest BCUT2D eigenvalue weighted by atomic mass is 10.0. The lowest BCUT2D eigenvalue weighted by Gasteiger charge is -2.15. The third-order valence-corrected chi connectivity index (χ3v) is 1.96. The zero-order valence-corrected chi connectivity index (χ0v) is 8.13. The predicted octanol–water partition coefficient (Wildman–Crippen LogP) is 2.61. The van der Waals surface area contributed by atoms with Gasteiger partial charge in [0, 0.05) is 5.02 Å². The van der Waals surface area contributed by atoms with Crippen LogP contribution in [0.25, 0.3) is 0 Å². The molecule has 0 saturated heterocycles. The van der Waals surface area contributed by atoms with Crippen molar-refractivity contribution in [1.82, 2.24) is 0 Å². The Bertz CT molecular complexity index is 393. The Balaban J connectivity index is 3.09. The van der Waals surface area contributed by atoms with Crippen LogP contribution >= 0.6 is 11.6 Å². The van der Waals surface area contributed by atoms with Crippen molar-refractivity contribution in [2.45, 2.75) is 12.3 Å². The average Bonchev–Trinajstić information content (AvgIpc) is 1.99. The minimum absolute atomic E-state index is 0.0994. The maximum atomic E-state index is 13.2. The third-order valence-electron chi connectivity index (χ3n) is 1.73. The molecule has 0 bridgehead atoms. The number of halogens is 3. The number of alkyl halides is 2. The van der Waals surface area contributed by atoms with E-state index in [-0.39, 0.29) is 5.02 Å². The number of hydrogen-bond acceptors (Lipinski definition) is 2. The number of rotatable bonds is 3. The van der Waals surface area contributed by atoms with E-state index in [0.29, 0.717) is 0 Å². The third kappa shape index (κ3) is 2.79.